The summed E-state index contributed by atoms with van der Waals surface area (Å²) >= 11 is 0. The number of hydrogen-bond acceptors (Lipinski definition) is 2. The summed E-state index contributed by atoms with van der Waals surface area (Å²) < 4.78 is 5.00. The first kappa shape index (κ1) is 15.5. The second-order valence-corrected chi connectivity index (χ2v) is 4.74. The number of nitrogens with zero attached hydrogens (tertiary/aromatic N) is 1. The Labute approximate surface area is 116 Å². The third-order valence-corrected chi connectivity index (χ3v) is 3.07. The molecule has 0 saturated carbocycles. The lowest BCUT2D eigenvalue weighted by molar-refractivity contribution is 0.192. The van der Waals surface area contributed by atoms with Crippen LogP contribution in [0.5, 0.6) is 0 Å². The van der Waals surface area contributed by atoms with E-state index in [4.69, 9.17) is 10.5 Å². The van der Waals surface area contributed by atoms with Crippen LogP contribution in [0.15, 0.2) is 23.2 Å². The molecule has 19 heavy (non-hydrogen) atoms. The highest BCUT2D eigenvalue weighted by molar-refractivity contribution is 5.92. The number of benzene rings is 1. The Morgan fingerprint density at radius 3 is 2.68 bits per heavy atom. The quantitative estimate of drug-likeness (QED) is 0.452. The van der Waals surface area contributed by atoms with E-state index >= 15 is 0 Å². The number of hydrogen-bond donors (Lipinski definition) is 2. The maximum atomic E-state index is 5.85. The normalized spacial score (nSPS) is 11.6. The third-order valence-electron chi connectivity index (χ3n) is 3.07. The summed E-state index contributed by atoms with van der Waals surface area (Å²) in [6.07, 6.45) is 3.24. The number of aryl methyl sites for hydroxylation is 2. The summed E-state index contributed by atoms with van der Waals surface area (Å²) in [5.41, 5.74) is 9.36. The molecule has 0 atom stereocenters. The van der Waals surface area contributed by atoms with Crippen molar-refractivity contribution in [3.05, 3.63) is 29.3 Å². The predicted molar refractivity (Wildman–Crippen MR) is 81.8 cm³/mol. The lowest BCUT2D eigenvalue weighted by atomic mass is 10.1. The first-order chi connectivity index (χ1) is 9.13. The van der Waals surface area contributed by atoms with E-state index in [0.717, 1.165) is 38.1 Å². The van der Waals surface area contributed by atoms with Crippen LogP contribution < -0.4 is 11.1 Å². The number of aliphatic imine (C=N–C) groups is 1. The Morgan fingerprint density at radius 2 is 2.00 bits per heavy atom. The molecule has 1 aromatic rings. The number of nitrogens with two attached hydrogens (primary N) is 1. The van der Waals surface area contributed by atoms with Crippen molar-refractivity contribution < 1.29 is 4.74 Å². The molecule has 4 heteroatoms. The molecule has 0 spiro atoms. The number of unbranched alkanes of at least 4 members (excludes halogenated alkanes) is 2. The van der Waals surface area contributed by atoms with Crippen molar-refractivity contribution in [3.8, 4) is 0 Å². The van der Waals surface area contributed by atoms with Crippen molar-refractivity contribution in [2.24, 2.45) is 10.7 Å². The maximum Gasteiger partial charge on any atom is 0.193 e. The summed E-state index contributed by atoms with van der Waals surface area (Å²) in [4.78, 5) is 4.31. The highest BCUT2D eigenvalue weighted by Gasteiger charge is 1.97. The van der Waals surface area contributed by atoms with E-state index in [0.29, 0.717) is 5.96 Å². The van der Waals surface area contributed by atoms with Crippen LogP contribution in [0.2, 0.25) is 0 Å². The Kier molecular flexibility index (Phi) is 6.97. The van der Waals surface area contributed by atoms with E-state index in [1.165, 1.54) is 11.1 Å². The van der Waals surface area contributed by atoms with Crippen LogP contribution in [0.3, 0.4) is 0 Å². The van der Waals surface area contributed by atoms with Crippen LogP contribution in [-0.4, -0.2) is 26.2 Å². The Balaban J connectivity index is 2.32. The minimum atomic E-state index is 0.481. The minimum Gasteiger partial charge on any atom is -0.385 e. The Hall–Kier alpha value is -1.55. The first-order valence-electron chi connectivity index (χ1n) is 6.76. The Morgan fingerprint density at radius 1 is 1.21 bits per heavy atom. The molecule has 0 aliphatic carbocycles. The maximum absolute atomic E-state index is 5.85. The van der Waals surface area contributed by atoms with Crippen molar-refractivity contribution in [1.29, 1.82) is 0 Å². The average molecular weight is 263 g/mol. The predicted octanol–water partition coefficient (Wildman–Crippen LogP) is 2.85. The molecule has 1 aromatic carbocycles. The summed E-state index contributed by atoms with van der Waals surface area (Å²) in [6.45, 7) is 5.76. The van der Waals surface area contributed by atoms with Gasteiger partial charge in [0.2, 0.25) is 0 Å². The van der Waals surface area contributed by atoms with Gasteiger partial charge in [-0.25, -0.2) is 0 Å². The highest BCUT2D eigenvalue weighted by Crippen LogP contribution is 2.13. The summed E-state index contributed by atoms with van der Waals surface area (Å²) in [5.74, 6) is 0.481. The first-order valence-corrected chi connectivity index (χ1v) is 6.76. The van der Waals surface area contributed by atoms with Crippen LogP contribution in [0.1, 0.15) is 30.4 Å². The second-order valence-electron chi connectivity index (χ2n) is 4.74. The van der Waals surface area contributed by atoms with Gasteiger partial charge in [-0.2, -0.15) is 0 Å². The van der Waals surface area contributed by atoms with Crippen molar-refractivity contribution >= 4 is 11.6 Å². The van der Waals surface area contributed by atoms with Gasteiger partial charge in [-0.05, 0) is 56.4 Å². The zero-order valence-corrected chi connectivity index (χ0v) is 12.2. The molecule has 0 aliphatic rings. The molecular weight excluding hydrogens is 238 g/mol. The number of rotatable bonds is 7. The van der Waals surface area contributed by atoms with E-state index in [9.17, 15) is 0 Å². The van der Waals surface area contributed by atoms with E-state index in [2.05, 4.69) is 36.3 Å². The van der Waals surface area contributed by atoms with Gasteiger partial charge >= 0.3 is 0 Å². The molecule has 3 N–H and O–H groups in total. The molecule has 0 aromatic heterocycles. The molecule has 0 unspecified atom stereocenters. The lowest BCUT2D eigenvalue weighted by Gasteiger charge is -2.08. The second kappa shape index (κ2) is 8.53. The van der Waals surface area contributed by atoms with Gasteiger partial charge in [-0.15, -0.1) is 0 Å². The molecule has 4 nitrogen and oxygen atoms in total. The molecule has 106 valence electrons. The van der Waals surface area contributed by atoms with Gasteiger partial charge < -0.3 is 15.8 Å². The van der Waals surface area contributed by atoms with Gasteiger partial charge in [0.1, 0.15) is 0 Å². The van der Waals surface area contributed by atoms with E-state index in [1.807, 2.05) is 6.07 Å². The lowest BCUT2D eigenvalue weighted by Crippen LogP contribution is -2.22. The summed E-state index contributed by atoms with van der Waals surface area (Å²) in [5, 5.41) is 3.12. The topological polar surface area (TPSA) is 59.6 Å². The number of nitrogens with one attached hydrogen (secondary N) is 1. The van der Waals surface area contributed by atoms with E-state index in [1.54, 1.807) is 7.11 Å². The molecular formula is C15H25N3O. The largest absolute Gasteiger partial charge is 0.385 e. The fourth-order valence-electron chi connectivity index (χ4n) is 1.74. The average Bonchev–Trinajstić information content (AvgIpc) is 2.38. The van der Waals surface area contributed by atoms with Gasteiger partial charge in [-0.3, -0.25) is 4.99 Å². The highest BCUT2D eigenvalue weighted by atomic mass is 16.5. The molecule has 0 heterocycles. The molecule has 0 bridgehead atoms. The van der Waals surface area contributed by atoms with Crippen molar-refractivity contribution in [2.75, 3.05) is 25.6 Å². The van der Waals surface area contributed by atoms with Crippen molar-refractivity contribution in [1.82, 2.24) is 0 Å². The molecule has 0 amide bonds. The molecule has 0 radical (unpaired) electrons. The van der Waals surface area contributed by atoms with Gasteiger partial charge in [0, 0.05) is 25.9 Å². The zero-order valence-electron chi connectivity index (χ0n) is 12.2. The van der Waals surface area contributed by atoms with Crippen LogP contribution in [0, 0.1) is 13.8 Å². The smallest absolute Gasteiger partial charge is 0.193 e. The van der Waals surface area contributed by atoms with Crippen LogP contribution in [0.25, 0.3) is 0 Å². The zero-order chi connectivity index (χ0) is 14.1. The van der Waals surface area contributed by atoms with Crippen LogP contribution >= 0.6 is 0 Å². The molecule has 0 fully saturated rings. The van der Waals surface area contributed by atoms with E-state index < -0.39 is 0 Å². The Bertz CT molecular complexity index is 416. The fourth-order valence-corrected chi connectivity index (χ4v) is 1.74. The SMILES string of the molecule is COCCCCCN=C(N)Nc1ccc(C)c(C)c1. The van der Waals surface area contributed by atoms with Gasteiger partial charge in [0.25, 0.3) is 0 Å². The number of ether oxygens (including phenoxy) is 1. The monoisotopic (exact) mass is 263 g/mol. The van der Waals surface area contributed by atoms with Gasteiger partial charge in [0.05, 0.1) is 0 Å². The summed E-state index contributed by atoms with van der Waals surface area (Å²) in [7, 11) is 1.73. The number of guanidine groups is 1. The van der Waals surface area contributed by atoms with Crippen molar-refractivity contribution in [2.45, 2.75) is 33.1 Å². The van der Waals surface area contributed by atoms with Gasteiger partial charge in [0.15, 0.2) is 5.96 Å². The van der Waals surface area contributed by atoms with Crippen LogP contribution in [0.4, 0.5) is 5.69 Å². The molecule has 0 aliphatic heterocycles. The number of methoxy groups -OCH3 is 1. The van der Waals surface area contributed by atoms with Crippen molar-refractivity contribution in [3.63, 3.8) is 0 Å². The molecule has 1 rings (SSSR count). The fraction of sp³-hybridized carbons (Fsp3) is 0.533. The standard InChI is InChI=1S/C15H25N3O/c1-12-7-8-14(11-13(12)2)18-15(16)17-9-5-4-6-10-19-3/h7-8,11H,4-6,9-10H2,1-3H3,(H3,16,17,18). The summed E-state index contributed by atoms with van der Waals surface area (Å²) in [6, 6.07) is 6.18. The number of anilines is 1. The minimum absolute atomic E-state index is 0.481. The van der Waals surface area contributed by atoms with Gasteiger partial charge in [-0.1, -0.05) is 6.07 Å². The van der Waals surface area contributed by atoms with Crippen LogP contribution in [-0.2, 0) is 4.74 Å². The molecule has 0 saturated heterocycles. The third kappa shape index (κ3) is 6.25. The van der Waals surface area contributed by atoms with E-state index in [-0.39, 0.29) is 0 Å².